The van der Waals surface area contributed by atoms with Gasteiger partial charge in [-0.15, -0.1) is 11.6 Å². The quantitative estimate of drug-likeness (QED) is 0.136. The molecule has 0 spiro atoms. The van der Waals surface area contributed by atoms with Gasteiger partial charge in [0, 0.05) is 19.3 Å². The van der Waals surface area contributed by atoms with E-state index in [1.807, 2.05) is 29.0 Å². The zero-order valence-corrected chi connectivity index (χ0v) is 27.6. The minimum Gasteiger partial charge on any atom is -0.458 e. The van der Waals surface area contributed by atoms with Crippen LogP contribution in [0.4, 0.5) is 17.1 Å². The molecular weight excluding hydrogens is 589 g/mol. The van der Waals surface area contributed by atoms with E-state index in [4.69, 9.17) is 4.74 Å². The molecule has 236 valence electrons. The van der Waals surface area contributed by atoms with Crippen LogP contribution in [0.25, 0.3) is 21.8 Å². The van der Waals surface area contributed by atoms with Crippen LogP contribution in [0.3, 0.4) is 0 Å². The van der Waals surface area contributed by atoms with Crippen LogP contribution in [0.5, 0.6) is 11.5 Å². The van der Waals surface area contributed by atoms with E-state index in [1.165, 1.54) is 16.5 Å². The molecule has 3 heterocycles. The Balaban J connectivity index is 1.16. The summed E-state index contributed by atoms with van der Waals surface area (Å²) in [5, 5.41) is 2.35. The van der Waals surface area contributed by atoms with Crippen molar-refractivity contribution in [3.63, 3.8) is 0 Å². The maximum Gasteiger partial charge on any atom is 0.316 e. The number of rotatable bonds is 6. The van der Waals surface area contributed by atoms with Crippen LogP contribution in [0.15, 0.2) is 158 Å². The summed E-state index contributed by atoms with van der Waals surface area (Å²) in [6.45, 7) is 16.3. The molecule has 2 aliphatic heterocycles. The van der Waals surface area contributed by atoms with Crippen molar-refractivity contribution in [1.82, 2.24) is 0 Å². The number of ether oxygens (including phenoxy) is 1. The summed E-state index contributed by atoms with van der Waals surface area (Å²) < 4.78 is 10.9. The summed E-state index contributed by atoms with van der Waals surface area (Å²) in [6, 6.07) is 42.1. The van der Waals surface area contributed by atoms with Crippen molar-refractivity contribution in [2.75, 3.05) is 9.80 Å². The summed E-state index contributed by atoms with van der Waals surface area (Å²) in [5.74, 6) is 2.42. The number of allylic oxidation sites excluding steroid dienone is 2. The number of aromatic nitrogens is 1. The second kappa shape index (κ2) is 11.4. The molecule has 0 N–H and O–H groups in total. The van der Waals surface area contributed by atoms with Gasteiger partial charge in [-0.25, -0.2) is 0 Å². The van der Waals surface area contributed by atoms with Crippen LogP contribution >= 0.6 is 0 Å². The first kappa shape index (κ1) is 29.5. The fourth-order valence-corrected chi connectivity index (χ4v) is 6.77. The van der Waals surface area contributed by atoms with Crippen molar-refractivity contribution in [3.05, 3.63) is 169 Å². The monoisotopic (exact) mass is 626 g/mol. The molecule has 0 aliphatic carbocycles. The molecule has 0 amide bonds. The van der Waals surface area contributed by atoms with Crippen molar-refractivity contribution >= 4 is 45.6 Å². The molecule has 5 aromatic carbocycles. The molecule has 2 aliphatic rings. The van der Waals surface area contributed by atoms with Gasteiger partial charge in [-0.05, 0) is 64.9 Å². The summed E-state index contributed by atoms with van der Waals surface area (Å²) in [5.41, 5.74) is 7.89. The lowest BCUT2D eigenvalue weighted by molar-refractivity contribution is -0.730. The number of anilines is 3. The molecule has 0 saturated carbocycles. The van der Waals surface area contributed by atoms with E-state index in [0.717, 1.165) is 63.5 Å². The molecule has 5 heteroatoms. The zero-order chi connectivity index (χ0) is 33.0. The highest BCUT2D eigenvalue weighted by Gasteiger charge is 2.31. The Hall–Kier alpha value is -5.94. The van der Waals surface area contributed by atoms with Crippen molar-refractivity contribution in [3.8, 4) is 11.5 Å². The summed E-state index contributed by atoms with van der Waals surface area (Å²) in [6.07, 6.45) is 7.45. The molecule has 0 fully saturated rings. The molecular formula is C43H38N4O. The first-order valence-corrected chi connectivity index (χ1v) is 16.3. The van der Waals surface area contributed by atoms with Gasteiger partial charge in [-0.3, -0.25) is 14.0 Å². The molecule has 0 atom stereocenters. The van der Waals surface area contributed by atoms with Gasteiger partial charge in [-0.1, -0.05) is 106 Å². The summed E-state index contributed by atoms with van der Waals surface area (Å²) >= 11 is 0. The van der Waals surface area contributed by atoms with Crippen molar-refractivity contribution < 1.29 is 13.9 Å². The van der Waals surface area contributed by atoms with E-state index >= 15 is 0 Å². The van der Waals surface area contributed by atoms with E-state index in [0.29, 0.717) is 0 Å². The highest BCUT2D eigenvalue weighted by molar-refractivity contribution is 6.04. The normalized spacial score (nSPS) is 14.6. The number of para-hydroxylation sites is 3. The zero-order valence-electron chi connectivity index (χ0n) is 27.6. The third-order valence-electron chi connectivity index (χ3n) is 9.23. The van der Waals surface area contributed by atoms with Crippen molar-refractivity contribution in [1.29, 1.82) is 0 Å². The Labute approximate surface area is 282 Å². The van der Waals surface area contributed by atoms with Gasteiger partial charge in [0.2, 0.25) is 0 Å². The van der Waals surface area contributed by atoms with Gasteiger partial charge >= 0.3 is 6.17 Å². The molecule has 5 nitrogen and oxygen atoms in total. The largest absolute Gasteiger partial charge is 0.458 e. The van der Waals surface area contributed by atoms with E-state index in [2.05, 4.69) is 164 Å². The van der Waals surface area contributed by atoms with Crippen LogP contribution in [-0.4, -0.2) is 11.3 Å². The minimum atomic E-state index is 0.000787. The molecule has 0 unspecified atom stereocenters. The molecule has 8 rings (SSSR count). The fraction of sp³-hybridized carbons (Fsp3) is 0.116. The standard InChI is InChI=1S/C43H38N4O/c1-30-45(29-31-14-7-6-8-15-31)39-20-11-12-21-40(39)46(30)33-16-13-17-34(27-33)48-35-22-23-37-36-18-9-10-19-38(36)47(41(37)28-35)42-26-32(43(2,3)4)24-25-44(42)5/h6-28H,1,5,29H2,2-4H3. The number of hydrogen-bond acceptors (Lipinski definition) is 3. The smallest absolute Gasteiger partial charge is 0.316 e. The predicted octanol–water partition coefficient (Wildman–Crippen LogP) is 9.97. The lowest BCUT2D eigenvalue weighted by Gasteiger charge is -2.29. The molecule has 6 aromatic rings. The lowest BCUT2D eigenvalue weighted by atomic mass is 9.85. The average molecular weight is 627 g/mol. The predicted molar refractivity (Wildman–Crippen MR) is 197 cm³/mol. The Morgan fingerprint density at radius 2 is 1.54 bits per heavy atom. The van der Waals surface area contributed by atoms with Crippen molar-refractivity contribution in [2.24, 2.45) is 5.41 Å². The lowest BCUT2D eigenvalue weighted by Crippen LogP contribution is -2.45. The van der Waals surface area contributed by atoms with Gasteiger partial charge in [0.15, 0.2) is 0 Å². The molecule has 0 radical (unpaired) electrons. The second-order valence-electron chi connectivity index (χ2n) is 13.4. The SMILES string of the molecule is C=C1N(Cc2ccccc2)c2ccccc2N1c1cccc(Oc2ccc3c4ccccc4[n+]([C-]4C=C(C(C)(C)C)C=C[N+]4=C)[c-]3c2)c1. The third-order valence-corrected chi connectivity index (χ3v) is 9.23. The van der Waals surface area contributed by atoms with Crippen LogP contribution in [0.2, 0.25) is 0 Å². The molecule has 48 heavy (non-hydrogen) atoms. The first-order chi connectivity index (χ1) is 23.3. The van der Waals surface area contributed by atoms with Crippen LogP contribution in [0, 0.1) is 11.6 Å². The van der Waals surface area contributed by atoms with Gasteiger partial charge in [0.1, 0.15) is 28.4 Å². The maximum absolute atomic E-state index is 6.62. The van der Waals surface area contributed by atoms with E-state index in [-0.39, 0.29) is 5.41 Å². The Morgan fingerprint density at radius 3 is 2.35 bits per heavy atom. The molecule has 0 saturated heterocycles. The fourth-order valence-electron chi connectivity index (χ4n) is 6.77. The van der Waals surface area contributed by atoms with Gasteiger partial charge in [0.25, 0.3) is 0 Å². The first-order valence-electron chi connectivity index (χ1n) is 16.3. The Kier molecular flexibility index (Phi) is 6.99. The second-order valence-corrected chi connectivity index (χ2v) is 13.4. The van der Waals surface area contributed by atoms with E-state index in [9.17, 15) is 0 Å². The number of nitrogens with zero attached hydrogens (tertiary/aromatic N) is 4. The van der Waals surface area contributed by atoms with Crippen LogP contribution in [-0.2, 0) is 6.54 Å². The van der Waals surface area contributed by atoms with E-state index in [1.54, 1.807) is 0 Å². The third kappa shape index (κ3) is 5.05. The number of fused-ring (bicyclic) bond motifs is 4. The van der Waals surface area contributed by atoms with Crippen molar-refractivity contribution in [2.45, 2.75) is 27.3 Å². The number of hydrogen-bond donors (Lipinski definition) is 0. The van der Waals surface area contributed by atoms with E-state index < -0.39 is 0 Å². The molecule has 0 bridgehead atoms. The van der Waals surface area contributed by atoms with Crippen LogP contribution in [0.1, 0.15) is 26.3 Å². The minimum absolute atomic E-state index is 0.000787. The number of benzene rings is 5. The highest BCUT2D eigenvalue weighted by Crippen LogP contribution is 2.47. The summed E-state index contributed by atoms with van der Waals surface area (Å²) in [7, 11) is 0. The topological polar surface area (TPSA) is 22.6 Å². The molecule has 1 aromatic heterocycles. The average Bonchev–Trinajstić information content (AvgIpc) is 3.56. The van der Waals surface area contributed by atoms with Gasteiger partial charge in [0.05, 0.1) is 23.3 Å². The highest BCUT2D eigenvalue weighted by atomic mass is 16.5. The van der Waals surface area contributed by atoms with Gasteiger partial charge < -0.3 is 9.64 Å². The Morgan fingerprint density at radius 1 is 0.792 bits per heavy atom. The maximum atomic E-state index is 6.62. The Bertz CT molecular complexity index is 2290. The summed E-state index contributed by atoms with van der Waals surface area (Å²) in [4.78, 5) is 4.48. The van der Waals surface area contributed by atoms with Gasteiger partial charge in [-0.2, -0.15) is 0 Å². The van der Waals surface area contributed by atoms with Crippen LogP contribution < -0.4 is 19.1 Å².